The van der Waals surface area contributed by atoms with Gasteiger partial charge in [-0.2, -0.15) is 0 Å². The first-order valence-corrected chi connectivity index (χ1v) is 20.8. The summed E-state index contributed by atoms with van der Waals surface area (Å²) in [4.78, 5) is 42.7. The Morgan fingerprint density at radius 3 is 1.74 bits per heavy atom. The van der Waals surface area contributed by atoms with Crippen molar-refractivity contribution in [2.45, 2.75) is 135 Å². The van der Waals surface area contributed by atoms with Crippen molar-refractivity contribution in [2.24, 2.45) is 0 Å². The lowest BCUT2D eigenvalue weighted by atomic mass is 10.1. The Morgan fingerprint density at radius 2 is 1.11 bits per heavy atom. The van der Waals surface area contributed by atoms with E-state index in [1.54, 1.807) is 6.08 Å². The lowest BCUT2D eigenvalue weighted by Crippen LogP contribution is -2.29. The molecule has 0 aromatic rings. The largest absolute Gasteiger partial charge is 0.469 e. The Balaban J connectivity index is 4.21. The fraction of sp³-hybridized carbons (Fsp3) is 0.535. The average Bonchev–Trinajstić information content (AvgIpc) is 3.12. The van der Waals surface area contributed by atoms with E-state index in [0.717, 1.165) is 70.6 Å². The first-order chi connectivity index (χ1) is 25.7. The van der Waals surface area contributed by atoms with E-state index in [-0.39, 0.29) is 19.4 Å². The summed E-state index contributed by atoms with van der Waals surface area (Å²) in [7, 11) is -4.79. The van der Waals surface area contributed by atoms with Crippen LogP contribution in [0, 0.1) is 0 Å². The van der Waals surface area contributed by atoms with Gasteiger partial charge in [0.15, 0.2) is 6.10 Å². The number of hydrogen-bond acceptors (Lipinski definition) is 7. The maximum atomic E-state index is 12.4. The zero-order valence-corrected chi connectivity index (χ0v) is 33.1. The number of phosphoric acid groups is 1. The second kappa shape index (κ2) is 37.0. The highest BCUT2D eigenvalue weighted by Crippen LogP contribution is 2.35. The van der Waals surface area contributed by atoms with Gasteiger partial charge in [0.2, 0.25) is 0 Å². The molecule has 0 rings (SSSR count). The molecule has 0 bridgehead atoms. The molecule has 0 heterocycles. The van der Waals surface area contributed by atoms with Crippen LogP contribution in [0.1, 0.15) is 123 Å². The third-order valence-electron chi connectivity index (χ3n) is 7.38. The molecule has 3 N–H and O–H groups in total. The number of carbonyl (C=O) groups excluding carboxylic acids is 2. The van der Waals surface area contributed by atoms with Crippen LogP contribution in [0.25, 0.3) is 0 Å². The number of phosphoric ester groups is 1. The third-order valence-corrected chi connectivity index (χ3v) is 7.87. The molecule has 0 spiro atoms. The van der Waals surface area contributed by atoms with E-state index in [9.17, 15) is 19.3 Å². The number of carbonyl (C=O) groups is 2. The normalized spacial score (nSPS) is 14.3. The van der Waals surface area contributed by atoms with Gasteiger partial charge in [-0.05, 0) is 77.0 Å². The van der Waals surface area contributed by atoms with E-state index in [1.165, 1.54) is 0 Å². The Labute approximate surface area is 319 Å². The highest BCUT2D eigenvalue weighted by molar-refractivity contribution is 7.46. The monoisotopic (exact) mass is 758 g/mol. The number of aliphatic hydroxyl groups is 1. The average molecular weight is 759 g/mol. The van der Waals surface area contributed by atoms with Gasteiger partial charge in [0.05, 0.1) is 12.7 Å². The maximum Gasteiger partial charge on any atom is 0.469 e. The minimum Gasteiger partial charge on any atom is -0.462 e. The summed E-state index contributed by atoms with van der Waals surface area (Å²) in [5.74, 6) is -1.05. The summed E-state index contributed by atoms with van der Waals surface area (Å²) in [6.07, 6.45) is 48.5. The van der Waals surface area contributed by atoms with Crippen molar-refractivity contribution in [2.75, 3.05) is 13.2 Å². The van der Waals surface area contributed by atoms with Crippen LogP contribution < -0.4 is 0 Å². The number of ether oxygens (including phenoxy) is 2. The summed E-state index contributed by atoms with van der Waals surface area (Å²) in [6.45, 7) is 3.28. The van der Waals surface area contributed by atoms with Crippen LogP contribution in [-0.2, 0) is 28.2 Å². The number of esters is 2. The molecule has 0 aliphatic rings. The Morgan fingerprint density at radius 1 is 0.585 bits per heavy atom. The molecule has 0 aliphatic heterocycles. The summed E-state index contributed by atoms with van der Waals surface area (Å²) in [5.41, 5.74) is 0. The highest BCUT2D eigenvalue weighted by Gasteiger charge is 2.22. The Bertz CT molecular complexity index is 1230. The van der Waals surface area contributed by atoms with Crippen LogP contribution in [0.3, 0.4) is 0 Å². The topological polar surface area (TPSA) is 140 Å². The van der Waals surface area contributed by atoms with E-state index in [1.807, 2.05) is 48.6 Å². The smallest absolute Gasteiger partial charge is 0.462 e. The molecule has 0 radical (unpaired) electrons. The number of hydrogen-bond donors (Lipinski definition) is 3. The lowest BCUT2D eigenvalue weighted by molar-refractivity contribution is -0.161. The van der Waals surface area contributed by atoms with E-state index in [4.69, 9.17) is 19.3 Å². The number of aliphatic hydroxyl groups excluding tert-OH is 1. The third kappa shape index (κ3) is 39.7. The Kier molecular flexibility index (Phi) is 34.7. The van der Waals surface area contributed by atoms with Gasteiger partial charge in [0.1, 0.15) is 6.61 Å². The molecule has 9 nitrogen and oxygen atoms in total. The van der Waals surface area contributed by atoms with E-state index in [2.05, 4.69) is 73.1 Å². The standard InChI is InChI=1S/C43H67O9P/c1-3-5-7-9-11-12-13-14-15-16-17-22-25-29-33-37-43(46)52-41(39-51-53(47,48)49)38-50-42(45)36-32-28-24-21-19-18-20-23-27-31-35-40(44)34-30-26-10-8-6-4-2/h5-8,11-12,14-15,18-19,23-24,26-28,30-31,35,40-41,44H,3-4,9-10,13,16-17,20-22,25,29,32-34,36-39H2,1-2H3,(H2,47,48,49)/b7-5-,8-6-,12-11-,15-14-,19-18-,27-23-,28-24-,30-26-,35-31+/t40?,41-/m1/s1. The summed E-state index contributed by atoms with van der Waals surface area (Å²) >= 11 is 0. The van der Waals surface area contributed by atoms with Gasteiger partial charge >= 0.3 is 19.8 Å². The van der Waals surface area contributed by atoms with Crippen molar-refractivity contribution in [1.29, 1.82) is 0 Å². The molecule has 298 valence electrons. The SMILES string of the molecule is CC/C=C\C/C=C\C/C=C\CCCCCCCC(=O)O[C@H](COC(=O)CC/C=C\C/C=C\C/C=C\C=C\C(O)C/C=C\C/C=C\CC)COP(=O)(O)O. The quantitative estimate of drug-likeness (QED) is 0.0196. The summed E-state index contributed by atoms with van der Waals surface area (Å²) in [6, 6.07) is 0. The molecule has 0 saturated carbocycles. The van der Waals surface area contributed by atoms with Crippen LogP contribution >= 0.6 is 7.82 Å². The fourth-order valence-electron chi connectivity index (χ4n) is 4.55. The summed E-state index contributed by atoms with van der Waals surface area (Å²) < 4.78 is 26.2. The van der Waals surface area contributed by atoms with Crippen LogP contribution in [0.5, 0.6) is 0 Å². The molecule has 1 unspecified atom stereocenters. The van der Waals surface area contributed by atoms with Gasteiger partial charge in [-0.15, -0.1) is 0 Å². The van der Waals surface area contributed by atoms with Gasteiger partial charge in [0, 0.05) is 12.8 Å². The zero-order chi connectivity index (χ0) is 39.1. The minimum atomic E-state index is -4.79. The molecule has 0 amide bonds. The lowest BCUT2D eigenvalue weighted by Gasteiger charge is -2.18. The van der Waals surface area contributed by atoms with Crippen LogP contribution in [0.4, 0.5) is 0 Å². The molecule has 2 atom stereocenters. The first kappa shape index (κ1) is 49.7. The van der Waals surface area contributed by atoms with Gasteiger partial charge in [0.25, 0.3) is 0 Å². The fourth-order valence-corrected chi connectivity index (χ4v) is 4.91. The van der Waals surface area contributed by atoms with Gasteiger partial charge in [-0.1, -0.05) is 142 Å². The second-order valence-corrected chi connectivity index (χ2v) is 13.6. The number of rotatable bonds is 33. The van der Waals surface area contributed by atoms with Gasteiger partial charge < -0.3 is 24.4 Å². The van der Waals surface area contributed by atoms with Crippen LogP contribution in [0.15, 0.2) is 109 Å². The van der Waals surface area contributed by atoms with Crippen LogP contribution in [0.2, 0.25) is 0 Å². The number of allylic oxidation sites excluding steroid dienone is 16. The van der Waals surface area contributed by atoms with E-state index >= 15 is 0 Å². The predicted molar refractivity (Wildman–Crippen MR) is 217 cm³/mol. The Hall–Kier alpha value is -3.33. The van der Waals surface area contributed by atoms with E-state index in [0.29, 0.717) is 25.7 Å². The van der Waals surface area contributed by atoms with Crippen molar-refractivity contribution < 1.29 is 43.0 Å². The minimum absolute atomic E-state index is 0.108. The van der Waals surface area contributed by atoms with Crippen molar-refractivity contribution in [3.05, 3.63) is 109 Å². The molecule has 0 saturated heterocycles. The predicted octanol–water partition coefficient (Wildman–Crippen LogP) is 10.6. The number of unbranched alkanes of at least 4 members (excludes halogenated alkanes) is 5. The molecular weight excluding hydrogens is 691 g/mol. The molecule has 0 aromatic carbocycles. The zero-order valence-electron chi connectivity index (χ0n) is 32.2. The van der Waals surface area contributed by atoms with Gasteiger partial charge in [-0.3, -0.25) is 14.1 Å². The van der Waals surface area contributed by atoms with Gasteiger partial charge in [-0.25, -0.2) is 4.57 Å². The molecule has 0 fully saturated rings. The maximum absolute atomic E-state index is 12.4. The summed E-state index contributed by atoms with van der Waals surface area (Å²) in [5, 5.41) is 9.96. The van der Waals surface area contributed by atoms with Crippen molar-refractivity contribution in [3.8, 4) is 0 Å². The molecule has 53 heavy (non-hydrogen) atoms. The molecule has 0 aromatic heterocycles. The van der Waals surface area contributed by atoms with Crippen LogP contribution in [-0.4, -0.2) is 52.3 Å². The molecule has 0 aliphatic carbocycles. The van der Waals surface area contributed by atoms with Crippen molar-refractivity contribution in [1.82, 2.24) is 0 Å². The first-order valence-electron chi connectivity index (χ1n) is 19.3. The highest BCUT2D eigenvalue weighted by atomic mass is 31.2. The van der Waals surface area contributed by atoms with Crippen molar-refractivity contribution >= 4 is 19.8 Å². The van der Waals surface area contributed by atoms with Crippen molar-refractivity contribution in [3.63, 3.8) is 0 Å². The molecule has 10 heteroatoms. The second-order valence-electron chi connectivity index (χ2n) is 12.3. The van der Waals surface area contributed by atoms with E-state index < -0.39 is 38.6 Å². The molecular formula is C43H67O9P.